The molecule has 1 aromatic rings. The van der Waals surface area contributed by atoms with Crippen LogP contribution >= 0.6 is 0 Å². The molecule has 2 heterocycles. The molecule has 0 N–H and O–H groups in total. The monoisotopic (exact) mass is 412 g/mol. The Morgan fingerprint density at radius 1 is 1.11 bits per heavy atom. The summed E-state index contributed by atoms with van der Waals surface area (Å²) < 4.78 is 43.8. The predicted molar refractivity (Wildman–Crippen MR) is 103 cm³/mol. The van der Waals surface area contributed by atoms with Gasteiger partial charge in [-0.2, -0.15) is 4.31 Å². The van der Waals surface area contributed by atoms with Crippen LogP contribution in [0.25, 0.3) is 0 Å². The van der Waals surface area contributed by atoms with Gasteiger partial charge < -0.3 is 14.2 Å². The first-order chi connectivity index (χ1) is 13.5. The topological polar surface area (TPSA) is 85.4 Å². The summed E-state index contributed by atoms with van der Waals surface area (Å²) in [6.45, 7) is 5.21. The Bertz CT molecular complexity index is 740. The zero-order valence-electron chi connectivity index (χ0n) is 16.2. The molecule has 2 aliphatic rings. The second-order valence-corrected chi connectivity index (χ2v) is 8.82. The van der Waals surface area contributed by atoms with Gasteiger partial charge in [0.25, 0.3) is 0 Å². The number of carbonyl (C=O) groups is 1. The van der Waals surface area contributed by atoms with E-state index in [1.165, 1.54) is 31.4 Å². The first-order valence-corrected chi connectivity index (χ1v) is 11.0. The van der Waals surface area contributed by atoms with Gasteiger partial charge in [0.1, 0.15) is 0 Å². The molecule has 0 amide bonds. The number of carbonyl (C=O) groups excluding carboxylic acids is 1. The van der Waals surface area contributed by atoms with Gasteiger partial charge in [0.15, 0.2) is 0 Å². The van der Waals surface area contributed by atoms with E-state index < -0.39 is 16.0 Å². The van der Waals surface area contributed by atoms with Crippen molar-refractivity contribution in [2.75, 3.05) is 59.7 Å². The fourth-order valence-electron chi connectivity index (χ4n) is 3.55. The lowest BCUT2D eigenvalue weighted by atomic mass is 10.1. The van der Waals surface area contributed by atoms with Gasteiger partial charge in [-0.1, -0.05) is 0 Å². The summed E-state index contributed by atoms with van der Waals surface area (Å²) >= 11 is 0. The minimum atomic E-state index is -3.68. The Morgan fingerprint density at radius 2 is 1.71 bits per heavy atom. The summed E-state index contributed by atoms with van der Waals surface area (Å²) in [5.74, 6) is -0.488. The normalized spacial score (nSPS) is 19.6. The smallest absolute Gasteiger partial charge is 0.337 e. The first kappa shape index (κ1) is 21.2. The van der Waals surface area contributed by atoms with E-state index in [4.69, 9.17) is 9.47 Å². The van der Waals surface area contributed by atoms with E-state index in [1.807, 2.05) is 0 Å². The second-order valence-electron chi connectivity index (χ2n) is 6.93. The van der Waals surface area contributed by atoms with Crippen LogP contribution in [0.15, 0.2) is 29.2 Å². The van der Waals surface area contributed by atoms with E-state index in [2.05, 4.69) is 9.64 Å². The number of hydrogen-bond acceptors (Lipinski definition) is 7. The van der Waals surface area contributed by atoms with E-state index in [0.717, 1.165) is 13.1 Å². The van der Waals surface area contributed by atoms with Crippen LogP contribution in [0.5, 0.6) is 0 Å². The van der Waals surface area contributed by atoms with Crippen LogP contribution in [0.3, 0.4) is 0 Å². The zero-order chi connectivity index (χ0) is 20.0. The number of sulfonamides is 1. The molecule has 3 rings (SSSR count). The van der Waals surface area contributed by atoms with Gasteiger partial charge in [-0.05, 0) is 37.1 Å². The van der Waals surface area contributed by atoms with Crippen molar-refractivity contribution in [2.45, 2.75) is 23.8 Å². The Balaban J connectivity index is 1.79. The summed E-state index contributed by atoms with van der Waals surface area (Å²) in [5.41, 5.74) is 0.326. The third kappa shape index (κ3) is 5.09. The van der Waals surface area contributed by atoms with Crippen molar-refractivity contribution in [3.8, 4) is 0 Å². The maximum atomic E-state index is 13.4. The van der Waals surface area contributed by atoms with Gasteiger partial charge in [0.2, 0.25) is 10.0 Å². The number of esters is 1. The number of morpholine rings is 1. The molecule has 2 aliphatic heterocycles. The Kier molecular flexibility index (Phi) is 7.42. The molecule has 9 heteroatoms. The van der Waals surface area contributed by atoms with Crippen LogP contribution in [0.4, 0.5) is 0 Å². The number of hydrogen-bond donors (Lipinski definition) is 0. The number of ether oxygens (including phenoxy) is 3. The van der Waals surface area contributed by atoms with Crippen molar-refractivity contribution in [1.29, 1.82) is 0 Å². The highest BCUT2D eigenvalue weighted by Gasteiger charge is 2.33. The standard InChI is InChI=1S/C19H28N2O6S/c1-25-19(22)16-2-4-18(5-3-16)28(23,24)21(17-6-12-26-13-7-17)9-8-20-10-14-27-15-11-20/h2-5,17H,6-15H2,1H3. The molecule has 0 spiro atoms. The molecule has 28 heavy (non-hydrogen) atoms. The lowest BCUT2D eigenvalue weighted by Gasteiger charge is -2.35. The minimum Gasteiger partial charge on any atom is -0.465 e. The molecule has 1 aromatic carbocycles. The number of methoxy groups -OCH3 is 1. The summed E-state index contributed by atoms with van der Waals surface area (Å²) in [4.78, 5) is 14.0. The molecular formula is C19H28N2O6S. The molecule has 0 unspecified atom stereocenters. The molecule has 0 aromatic heterocycles. The third-order valence-electron chi connectivity index (χ3n) is 5.22. The van der Waals surface area contributed by atoms with Crippen molar-refractivity contribution < 1.29 is 27.4 Å². The summed E-state index contributed by atoms with van der Waals surface area (Å²) in [5, 5.41) is 0. The number of nitrogens with zero attached hydrogens (tertiary/aromatic N) is 2. The van der Waals surface area contributed by atoms with E-state index in [-0.39, 0.29) is 10.9 Å². The van der Waals surface area contributed by atoms with E-state index in [1.54, 1.807) is 4.31 Å². The average Bonchev–Trinajstić information content (AvgIpc) is 2.75. The quantitative estimate of drug-likeness (QED) is 0.617. The highest BCUT2D eigenvalue weighted by atomic mass is 32.2. The second kappa shape index (κ2) is 9.80. The van der Waals surface area contributed by atoms with Gasteiger partial charge in [-0.25, -0.2) is 13.2 Å². The van der Waals surface area contributed by atoms with E-state index in [0.29, 0.717) is 57.9 Å². The van der Waals surface area contributed by atoms with Crippen molar-refractivity contribution in [1.82, 2.24) is 9.21 Å². The maximum Gasteiger partial charge on any atom is 0.337 e. The summed E-state index contributed by atoms with van der Waals surface area (Å²) in [6, 6.07) is 5.84. The largest absolute Gasteiger partial charge is 0.465 e. The summed E-state index contributed by atoms with van der Waals surface area (Å²) in [7, 11) is -2.39. The van der Waals surface area contributed by atoms with Crippen LogP contribution in [0.2, 0.25) is 0 Å². The molecule has 0 radical (unpaired) electrons. The van der Waals surface area contributed by atoms with Crippen LogP contribution in [-0.4, -0.2) is 89.4 Å². The van der Waals surface area contributed by atoms with Crippen LogP contribution in [0.1, 0.15) is 23.2 Å². The molecular weight excluding hydrogens is 384 g/mol. The molecule has 2 saturated heterocycles. The van der Waals surface area contributed by atoms with E-state index >= 15 is 0 Å². The number of rotatable bonds is 7. The Labute approximate surface area is 166 Å². The van der Waals surface area contributed by atoms with Gasteiger partial charge in [0.05, 0.1) is 30.8 Å². The van der Waals surface area contributed by atoms with Gasteiger partial charge >= 0.3 is 5.97 Å². The Hall–Kier alpha value is -1.52. The predicted octanol–water partition coefficient (Wildman–Crippen LogP) is 0.975. The van der Waals surface area contributed by atoms with Crippen LogP contribution in [-0.2, 0) is 24.2 Å². The van der Waals surface area contributed by atoms with Crippen molar-refractivity contribution in [3.63, 3.8) is 0 Å². The lowest BCUT2D eigenvalue weighted by molar-refractivity contribution is 0.0291. The fourth-order valence-corrected chi connectivity index (χ4v) is 5.23. The van der Waals surface area contributed by atoms with Crippen LogP contribution < -0.4 is 0 Å². The third-order valence-corrected chi connectivity index (χ3v) is 7.19. The lowest BCUT2D eigenvalue weighted by Crippen LogP contribution is -2.48. The highest BCUT2D eigenvalue weighted by molar-refractivity contribution is 7.89. The maximum absolute atomic E-state index is 13.4. The first-order valence-electron chi connectivity index (χ1n) is 9.60. The van der Waals surface area contributed by atoms with E-state index in [9.17, 15) is 13.2 Å². The molecule has 0 bridgehead atoms. The van der Waals surface area contributed by atoms with Crippen molar-refractivity contribution in [2.24, 2.45) is 0 Å². The minimum absolute atomic E-state index is 0.0833. The van der Waals surface area contributed by atoms with Crippen LogP contribution in [0, 0.1) is 0 Å². The molecule has 0 saturated carbocycles. The molecule has 8 nitrogen and oxygen atoms in total. The van der Waals surface area contributed by atoms with Gasteiger partial charge in [-0.3, -0.25) is 4.90 Å². The average molecular weight is 413 g/mol. The number of benzene rings is 1. The SMILES string of the molecule is COC(=O)c1ccc(S(=O)(=O)N(CCN2CCOCC2)C2CCOCC2)cc1. The van der Waals surface area contributed by atoms with Crippen molar-refractivity contribution in [3.05, 3.63) is 29.8 Å². The molecule has 0 aliphatic carbocycles. The Morgan fingerprint density at radius 3 is 2.32 bits per heavy atom. The molecule has 0 atom stereocenters. The van der Waals surface area contributed by atoms with Crippen molar-refractivity contribution >= 4 is 16.0 Å². The summed E-state index contributed by atoms with van der Waals surface area (Å²) in [6.07, 6.45) is 1.37. The molecule has 156 valence electrons. The fraction of sp³-hybridized carbons (Fsp3) is 0.632. The highest BCUT2D eigenvalue weighted by Crippen LogP contribution is 2.24. The zero-order valence-corrected chi connectivity index (χ0v) is 17.0. The van der Waals surface area contributed by atoms with Gasteiger partial charge in [0, 0.05) is 45.4 Å². The van der Waals surface area contributed by atoms with Gasteiger partial charge in [-0.15, -0.1) is 0 Å². The molecule has 2 fully saturated rings.